The third-order valence-electron chi connectivity index (χ3n) is 2.64. The van der Waals surface area contributed by atoms with Gasteiger partial charge in [0.15, 0.2) is 0 Å². The van der Waals surface area contributed by atoms with Crippen molar-refractivity contribution >= 4 is 0 Å². The first kappa shape index (κ1) is 9.92. The molecule has 2 heteroatoms. The van der Waals surface area contributed by atoms with Crippen molar-refractivity contribution in [3.8, 4) is 0 Å². The van der Waals surface area contributed by atoms with Crippen LogP contribution in [-0.4, -0.2) is 19.8 Å². The summed E-state index contributed by atoms with van der Waals surface area (Å²) < 4.78 is 0. The number of nitrogens with one attached hydrogen (secondary N) is 2. The molecule has 0 aromatic rings. The normalized spacial score (nSPS) is 15.3. The van der Waals surface area contributed by atoms with E-state index in [1.165, 1.54) is 6.42 Å². The second-order valence-electron chi connectivity index (χ2n) is 3.01. The number of hydrogen-bond acceptors (Lipinski definition) is 2. The predicted octanol–water partition coefficient (Wildman–Crippen LogP) is 1.19. The van der Waals surface area contributed by atoms with Crippen LogP contribution in [0, 0.1) is 5.92 Å². The maximum atomic E-state index is 3.27. The van der Waals surface area contributed by atoms with Crippen LogP contribution in [0.4, 0.5) is 0 Å². The van der Waals surface area contributed by atoms with E-state index in [2.05, 4.69) is 31.4 Å². The molecule has 0 amide bonds. The molecule has 62 valence electrons. The lowest BCUT2D eigenvalue weighted by Gasteiger charge is -2.34. The zero-order valence-corrected chi connectivity index (χ0v) is 7.78. The van der Waals surface area contributed by atoms with Crippen molar-refractivity contribution in [2.75, 3.05) is 14.1 Å². The average Bonchev–Trinajstić information content (AvgIpc) is 2.01. The summed E-state index contributed by atoms with van der Waals surface area (Å²) in [5.41, 5.74) is 0.0920. The van der Waals surface area contributed by atoms with Crippen LogP contribution in [0.3, 0.4) is 0 Å². The molecule has 0 aromatic carbocycles. The summed E-state index contributed by atoms with van der Waals surface area (Å²) in [6, 6.07) is 0. The molecular weight excluding hydrogens is 124 g/mol. The molecule has 0 heterocycles. The topological polar surface area (TPSA) is 24.1 Å². The summed E-state index contributed by atoms with van der Waals surface area (Å²) in [7, 11) is 3.98. The second kappa shape index (κ2) is 3.94. The molecule has 0 bridgehead atoms. The minimum absolute atomic E-state index is 0.0920. The molecule has 0 saturated heterocycles. The van der Waals surface area contributed by atoms with E-state index in [1.54, 1.807) is 0 Å². The molecule has 0 aliphatic rings. The zero-order valence-electron chi connectivity index (χ0n) is 7.78. The molecule has 10 heavy (non-hydrogen) atoms. The van der Waals surface area contributed by atoms with Gasteiger partial charge < -0.3 is 10.6 Å². The third-order valence-corrected chi connectivity index (χ3v) is 2.64. The van der Waals surface area contributed by atoms with Crippen LogP contribution < -0.4 is 10.6 Å². The number of hydrogen-bond donors (Lipinski definition) is 2. The Morgan fingerprint density at radius 1 is 1.30 bits per heavy atom. The molecule has 0 aliphatic carbocycles. The van der Waals surface area contributed by atoms with E-state index < -0.39 is 0 Å². The fourth-order valence-corrected chi connectivity index (χ4v) is 1.03. The van der Waals surface area contributed by atoms with Crippen LogP contribution in [-0.2, 0) is 0 Å². The maximum absolute atomic E-state index is 3.27. The minimum Gasteiger partial charge on any atom is -0.302 e. The third kappa shape index (κ3) is 1.96. The summed E-state index contributed by atoms with van der Waals surface area (Å²) in [5, 5.41) is 6.54. The molecule has 2 nitrogen and oxygen atoms in total. The minimum atomic E-state index is 0.0920. The Morgan fingerprint density at radius 3 is 1.80 bits per heavy atom. The van der Waals surface area contributed by atoms with Crippen LogP contribution in [0.15, 0.2) is 0 Å². The Hall–Kier alpha value is -0.0800. The van der Waals surface area contributed by atoms with Crippen molar-refractivity contribution in [2.24, 2.45) is 5.92 Å². The molecule has 0 fully saturated rings. The van der Waals surface area contributed by atoms with E-state index in [9.17, 15) is 0 Å². The lowest BCUT2D eigenvalue weighted by atomic mass is 9.94. The van der Waals surface area contributed by atoms with Crippen LogP contribution in [0.2, 0.25) is 0 Å². The van der Waals surface area contributed by atoms with Gasteiger partial charge in [-0.3, -0.25) is 0 Å². The monoisotopic (exact) mass is 144 g/mol. The predicted molar refractivity (Wildman–Crippen MR) is 46.0 cm³/mol. The highest BCUT2D eigenvalue weighted by molar-refractivity contribution is 4.81. The van der Waals surface area contributed by atoms with Gasteiger partial charge in [-0.05, 0) is 26.9 Å². The lowest BCUT2D eigenvalue weighted by Crippen LogP contribution is -2.55. The summed E-state index contributed by atoms with van der Waals surface area (Å²) >= 11 is 0. The van der Waals surface area contributed by atoms with Gasteiger partial charge >= 0.3 is 0 Å². The van der Waals surface area contributed by atoms with E-state index in [1.807, 2.05) is 14.1 Å². The molecule has 0 aromatic heterocycles. The van der Waals surface area contributed by atoms with Crippen molar-refractivity contribution < 1.29 is 0 Å². The molecular formula is C8H20N2. The van der Waals surface area contributed by atoms with Gasteiger partial charge in [0.05, 0.1) is 5.66 Å². The number of rotatable bonds is 4. The summed E-state index contributed by atoms with van der Waals surface area (Å²) in [5.74, 6) is 0.655. The van der Waals surface area contributed by atoms with E-state index >= 15 is 0 Å². The van der Waals surface area contributed by atoms with Gasteiger partial charge in [0, 0.05) is 0 Å². The van der Waals surface area contributed by atoms with Crippen LogP contribution in [0.5, 0.6) is 0 Å². The summed E-state index contributed by atoms with van der Waals surface area (Å²) in [4.78, 5) is 0. The first-order valence-electron chi connectivity index (χ1n) is 3.98. The fourth-order valence-electron chi connectivity index (χ4n) is 1.03. The molecule has 0 saturated carbocycles. The van der Waals surface area contributed by atoms with Crippen LogP contribution in [0.25, 0.3) is 0 Å². The van der Waals surface area contributed by atoms with Crippen LogP contribution >= 0.6 is 0 Å². The standard InChI is InChI=1S/C8H20N2/c1-6-7(2)8(3,9-4)10-5/h7,9-10H,6H2,1-5H3. The van der Waals surface area contributed by atoms with E-state index in [4.69, 9.17) is 0 Å². The van der Waals surface area contributed by atoms with Crippen molar-refractivity contribution in [3.63, 3.8) is 0 Å². The Kier molecular flexibility index (Phi) is 3.91. The lowest BCUT2D eigenvalue weighted by molar-refractivity contribution is 0.214. The maximum Gasteiger partial charge on any atom is 0.0679 e. The van der Waals surface area contributed by atoms with Gasteiger partial charge in [-0.25, -0.2) is 0 Å². The largest absolute Gasteiger partial charge is 0.302 e. The fraction of sp³-hybridized carbons (Fsp3) is 1.00. The molecule has 0 radical (unpaired) electrons. The van der Waals surface area contributed by atoms with Crippen molar-refractivity contribution in [1.82, 2.24) is 10.6 Å². The Morgan fingerprint density at radius 2 is 1.70 bits per heavy atom. The molecule has 0 aliphatic heterocycles. The van der Waals surface area contributed by atoms with Crippen molar-refractivity contribution in [3.05, 3.63) is 0 Å². The average molecular weight is 144 g/mol. The highest BCUT2D eigenvalue weighted by atomic mass is 15.2. The first-order chi connectivity index (χ1) is 4.60. The van der Waals surface area contributed by atoms with Gasteiger partial charge in [-0.2, -0.15) is 0 Å². The van der Waals surface area contributed by atoms with Gasteiger partial charge in [0.2, 0.25) is 0 Å². The van der Waals surface area contributed by atoms with Gasteiger partial charge in [-0.1, -0.05) is 20.3 Å². The SMILES string of the molecule is CCC(C)C(C)(NC)NC. The Labute approximate surface area is 64.4 Å². The van der Waals surface area contributed by atoms with E-state index in [0.29, 0.717) is 5.92 Å². The van der Waals surface area contributed by atoms with Crippen molar-refractivity contribution in [1.29, 1.82) is 0 Å². The summed E-state index contributed by atoms with van der Waals surface area (Å²) in [6.07, 6.45) is 1.19. The quantitative estimate of drug-likeness (QED) is 0.579. The Bertz CT molecular complexity index is 87.3. The zero-order chi connectivity index (χ0) is 8.20. The van der Waals surface area contributed by atoms with Gasteiger partial charge in [0.1, 0.15) is 0 Å². The molecule has 0 rings (SSSR count). The van der Waals surface area contributed by atoms with E-state index in [-0.39, 0.29) is 5.66 Å². The molecule has 1 atom stereocenters. The molecule has 1 unspecified atom stereocenters. The van der Waals surface area contributed by atoms with E-state index in [0.717, 1.165) is 0 Å². The molecule has 0 spiro atoms. The van der Waals surface area contributed by atoms with Gasteiger partial charge in [0.25, 0.3) is 0 Å². The molecule has 2 N–H and O–H groups in total. The van der Waals surface area contributed by atoms with Gasteiger partial charge in [-0.15, -0.1) is 0 Å². The van der Waals surface area contributed by atoms with Crippen molar-refractivity contribution in [2.45, 2.75) is 32.9 Å². The first-order valence-corrected chi connectivity index (χ1v) is 3.98. The van der Waals surface area contributed by atoms with Crippen LogP contribution in [0.1, 0.15) is 27.2 Å². The summed E-state index contributed by atoms with van der Waals surface area (Å²) in [6.45, 7) is 6.63. The smallest absolute Gasteiger partial charge is 0.0679 e. The second-order valence-corrected chi connectivity index (χ2v) is 3.01. The highest BCUT2D eigenvalue weighted by Gasteiger charge is 2.25. The highest BCUT2D eigenvalue weighted by Crippen LogP contribution is 2.15. The Balaban J connectivity index is 4.02.